The molecule has 3 heterocycles. The second-order valence-corrected chi connectivity index (χ2v) is 7.77. The summed E-state index contributed by atoms with van der Waals surface area (Å²) in [5.74, 6) is 0.341. The summed E-state index contributed by atoms with van der Waals surface area (Å²) in [5.41, 5.74) is 3.88. The molecule has 3 aromatic rings. The zero-order chi connectivity index (χ0) is 21.1. The molecule has 1 saturated heterocycles. The Morgan fingerprint density at radius 1 is 0.967 bits per heavy atom. The number of amides is 2. The molecule has 7 heteroatoms. The quantitative estimate of drug-likeness (QED) is 0.725. The molecule has 0 atom stereocenters. The lowest BCUT2D eigenvalue weighted by Crippen LogP contribution is -2.50. The van der Waals surface area contributed by atoms with Crippen LogP contribution in [0.1, 0.15) is 46.2 Å². The van der Waals surface area contributed by atoms with E-state index < -0.39 is 0 Å². The number of hydrogen-bond donors (Lipinski definition) is 1. The molecule has 0 unspecified atom stereocenters. The molecule has 1 N–H and O–H groups in total. The van der Waals surface area contributed by atoms with Gasteiger partial charge in [-0.05, 0) is 41.8 Å². The number of rotatable bonds is 4. The van der Waals surface area contributed by atoms with Gasteiger partial charge in [-0.3, -0.25) is 19.7 Å². The average molecular weight is 403 g/mol. The lowest BCUT2D eigenvalue weighted by molar-refractivity contribution is 0.0532. The number of aromatic amines is 1. The third-order valence-electron chi connectivity index (χ3n) is 5.44. The van der Waals surface area contributed by atoms with Crippen LogP contribution in [0.5, 0.6) is 0 Å². The van der Waals surface area contributed by atoms with E-state index in [0.29, 0.717) is 49.0 Å². The molecule has 2 amide bonds. The number of H-pyrrole nitrogens is 1. The molecule has 0 bridgehead atoms. The van der Waals surface area contributed by atoms with Crippen molar-refractivity contribution in [3.05, 3.63) is 71.7 Å². The van der Waals surface area contributed by atoms with Crippen molar-refractivity contribution >= 4 is 11.8 Å². The number of aromatic nitrogens is 3. The van der Waals surface area contributed by atoms with Crippen molar-refractivity contribution in [1.29, 1.82) is 0 Å². The van der Waals surface area contributed by atoms with E-state index in [4.69, 9.17) is 0 Å². The first-order valence-corrected chi connectivity index (χ1v) is 10.2. The Morgan fingerprint density at radius 3 is 2.23 bits per heavy atom. The Labute approximate surface area is 175 Å². The smallest absolute Gasteiger partial charge is 0.272 e. The fourth-order valence-electron chi connectivity index (χ4n) is 3.57. The monoisotopic (exact) mass is 403 g/mol. The molecular formula is C23H25N5O2. The molecular weight excluding hydrogens is 378 g/mol. The van der Waals surface area contributed by atoms with E-state index in [2.05, 4.69) is 29.0 Å². The van der Waals surface area contributed by atoms with Crippen molar-refractivity contribution in [2.24, 2.45) is 0 Å². The molecule has 30 heavy (non-hydrogen) atoms. The van der Waals surface area contributed by atoms with E-state index >= 15 is 0 Å². The minimum atomic E-state index is -0.106. The maximum atomic E-state index is 12.8. The summed E-state index contributed by atoms with van der Waals surface area (Å²) in [7, 11) is 0. The summed E-state index contributed by atoms with van der Waals surface area (Å²) in [4.78, 5) is 33.3. The molecule has 4 rings (SSSR count). The third-order valence-corrected chi connectivity index (χ3v) is 5.44. The zero-order valence-corrected chi connectivity index (χ0v) is 17.2. The van der Waals surface area contributed by atoms with Crippen molar-refractivity contribution in [1.82, 2.24) is 25.0 Å². The molecule has 1 aliphatic heterocycles. The predicted octanol–water partition coefficient (Wildman–Crippen LogP) is 3.19. The van der Waals surface area contributed by atoms with Gasteiger partial charge in [-0.15, -0.1) is 0 Å². The second kappa shape index (κ2) is 8.49. The SMILES string of the molecule is CC(C)c1ccc(C(=O)N2CCN(C(=O)c3cc(-c4cccnc4)n[nH]3)CC2)cc1. The highest BCUT2D eigenvalue weighted by molar-refractivity contribution is 5.95. The van der Waals surface area contributed by atoms with Crippen LogP contribution in [0, 0.1) is 0 Å². The number of pyridine rings is 1. The minimum absolute atomic E-state index is 0.0119. The number of piperazine rings is 1. The molecule has 154 valence electrons. The Kier molecular flexibility index (Phi) is 5.61. The highest BCUT2D eigenvalue weighted by atomic mass is 16.2. The Bertz CT molecular complexity index is 1020. The van der Waals surface area contributed by atoms with Crippen LogP contribution in [0.25, 0.3) is 11.3 Å². The molecule has 0 radical (unpaired) electrons. The van der Waals surface area contributed by atoms with Gasteiger partial charge in [0, 0.05) is 49.7 Å². The first-order valence-electron chi connectivity index (χ1n) is 10.2. The van der Waals surface area contributed by atoms with Crippen LogP contribution in [0.2, 0.25) is 0 Å². The van der Waals surface area contributed by atoms with Crippen molar-refractivity contribution in [3.63, 3.8) is 0 Å². The summed E-state index contributed by atoms with van der Waals surface area (Å²) < 4.78 is 0. The number of benzene rings is 1. The van der Waals surface area contributed by atoms with Gasteiger partial charge in [0.2, 0.25) is 0 Å². The lowest BCUT2D eigenvalue weighted by Gasteiger charge is -2.34. The van der Waals surface area contributed by atoms with Gasteiger partial charge in [-0.25, -0.2) is 0 Å². The van der Waals surface area contributed by atoms with Crippen LogP contribution in [0.15, 0.2) is 54.9 Å². The fourth-order valence-corrected chi connectivity index (χ4v) is 3.57. The zero-order valence-electron chi connectivity index (χ0n) is 17.2. The highest BCUT2D eigenvalue weighted by Gasteiger charge is 2.26. The van der Waals surface area contributed by atoms with E-state index in [-0.39, 0.29) is 11.8 Å². The van der Waals surface area contributed by atoms with Crippen LogP contribution in [-0.2, 0) is 0 Å². The standard InChI is InChI=1S/C23H25N5O2/c1-16(2)17-5-7-18(8-6-17)22(29)27-10-12-28(13-11-27)23(30)21-14-20(25-26-21)19-4-3-9-24-15-19/h3-9,14-16H,10-13H2,1-2H3,(H,25,26). The first-order chi connectivity index (χ1) is 14.5. The normalized spacial score (nSPS) is 14.2. The molecule has 0 aliphatic carbocycles. The van der Waals surface area contributed by atoms with E-state index in [1.54, 1.807) is 23.4 Å². The van der Waals surface area contributed by atoms with Crippen LogP contribution < -0.4 is 0 Å². The van der Waals surface area contributed by atoms with Gasteiger partial charge < -0.3 is 9.80 Å². The molecule has 7 nitrogen and oxygen atoms in total. The van der Waals surface area contributed by atoms with Gasteiger partial charge in [0.25, 0.3) is 11.8 Å². The molecule has 2 aromatic heterocycles. The van der Waals surface area contributed by atoms with E-state index in [9.17, 15) is 9.59 Å². The summed E-state index contributed by atoms with van der Waals surface area (Å²) >= 11 is 0. The van der Waals surface area contributed by atoms with Crippen LogP contribution in [-0.4, -0.2) is 63.0 Å². The number of nitrogens with zero attached hydrogens (tertiary/aromatic N) is 4. The van der Waals surface area contributed by atoms with E-state index in [0.717, 1.165) is 5.56 Å². The van der Waals surface area contributed by atoms with Crippen LogP contribution >= 0.6 is 0 Å². The first kappa shape index (κ1) is 19.8. The molecule has 1 aromatic carbocycles. The second-order valence-electron chi connectivity index (χ2n) is 7.77. The topological polar surface area (TPSA) is 82.2 Å². The van der Waals surface area contributed by atoms with Gasteiger partial charge in [-0.2, -0.15) is 5.10 Å². The number of hydrogen-bond acceptors (Lipinski definition) is 4. The maximum absolute atomic E-state index is 12.8. The van der Waals surface area contributed by atoms with Gasteiger partial charge in [0.15, 0.2) is 0 Å². The van der Waals surface area contributed by atoms with E-state index in [1.165, 1.54) is 5.56 Å². The largest absolute Gasteiger partial charge is 0.335 e. The van der Waals surface area contributed by atoms with Crippen LogP contribution in [0.3, 0.4) is 0 Å². The lowest BCUT2D eigenvalue weighted by atomic mass is 10.0. The number of carbonyl (C=O) groups is 2. The fraction of sp³-hybridized carbons (Fsp3) is 0.304. The van der Waals surface area contributed by atoms with Crippen molar-refractivity contribution in [2.45, 2.75) is 19.8 Å². The minimum Gasteiger partial charge on any atom is -0.335 e. The third kappa shape index (κ3) is 4.10. The maximum Gasteiger partial charge on any atom is 0.272 e. The average Bonchev–Trinajstić information content (AvgIpc) is 3.29. The van der Waals surface area contributed by atoms with Crippen molar-refractivity contribution in [2.75, 3.05) is 26.2 Å². The summed E-state index contributed by atoms with van der Waals surface area (Å²) in [6.45, 7) is 6.28. The van der Waals surface area contributed by atoms with E-state index in [1.807, 2.05) is 41.3 Å². The molecule has 1 fully saturated rings. The Morgan fingerprint density at radius 2 is 1.63 bits per heavy atom. The molecule has 0 spiro atoms. The highest BCUT2D eigenvalue weighted by Crippen LogP contribution is 2.19. The van der Waals surface area contributed by atoms with Gasteiger partial charge >= 0.3 is 0 Å². The Hall–Kier alpha value is -3.48. The summed E-state index contributed by atoms with van der Waals surface area (Å²) in [6.07, 6.45) is 3.41. The molecule has 1 aliphatic rings. The van der Waals surface area contributed by atoms with Crippen LogP contribution in [0.4, 0.5) is 0 Å². The summed E-state index contributed by atoms with van der Waals surface area (Å²) in [6, 6.07) is 13.3. The van der Waals surface area contributed by atoms with Gasteiger partial charge in [0.05, 0.1) is 5.69 Å². The Balaban J connectivity index is 1.36. The molecule has 0 saturated carbocycles. The predicted molar refractivity (Wildman–Crippen MR) is 114 cm³/mol. The van der Waals surface area contributed by atoms with Crippen molar-refractivity contribution < 1.29 is 9.59 Å². The van der Waals surface area contributed by atoms with Gasteiger partial charge in [0.1, 0.15) is 5.69 Å². The van der Waals surface area contributed by atoms with Gasteiger partial charge in [-0.1, -0.05) is 26.0 Å². The summed E-state index contributed by atoms with van der Waals surface area (Å²) in [5, 5.41) is 7.05. The van der Waals surface area contributed by atoms with Crippen molar-refractivity contribution in [3.8, 4) is 11.3 Å². The number of nitrogens with one attached hydrogen (secondary N) is 1. The number of carbonyl (C=O) groups excluding carboxylic acids is 2.